The largest absolute Gasteiger partial charge is 0.502 e. The first-order chi connectivity index (χ1) is 13.3. The third-order valence-electron chi connectivity index (χ3n) is 5.31. The summed E-state index contributed by atoms with van der Waals surface area (Å²) in [6.07, 6.45) is 0. The van der Waals surface area contributed by atoms with Crippen LogP contribution in [0.25, 0.3) is 0 Å². The molecule has 0 aliphatic carbocycles. The van der Waals surface area contributed by atoms with Crippen molar-refractivity contribution in [1.82, 2.24) is 0 Å². The Bertz CT molecular complexity index is 951. The molecule has 0 amide bonds. The van der Waals surface area contributed by atoms with Crippen LogP contribution in [0.1, 0.15) is 43.8 Å². The number of hydrogen-bond acceptors (Lipinski definition) is 6. The highest BCUT2D eigenvalue weighted by Crippen LogP contribution is 2.38. The molecule has 7 nitrogen and oxygen atoms in total. The lowest BCUT2D eigenvalue weighted by Crippen LogP contribution is -2.40. The van der Waals surface area contributed by atoms with Crippen LogP contribution in [0.2, 0.25) is 23.2 Å². The summed E-state index contributed by atoms with van der Waals surface area (Å²) in [5.41, 5.74) is -0.285. The average molecular weight is 440 g/mol. The molecule has 1 unspecified atom stereocenters. The van der Waals surface area contributed by atoms with Crippen LogP contribution in [0, 0.1) is 10.1 Å². The van der Waals surface area contributed by atoms with Crippen molar-refractivity contribution in [2.24, 2.45) is 0 Å². The van der Waals surface area contributed by atoms with Crippen molar-refractivity contribution in [1.29, 1.82) is 0 Å². The second-order valence-electron chi connectivity index (χ2n) is 8.43. The molecule has 1 aromatic carbocycles. The van der Waals surface area contributed by atoms with Gasteiger partial charge in [0.15, 0.2) is 14.1 Å². The zero-order chi connectivity index (χ0) is 22.0. The Morgan fingerprint density at radius 3 is 2.48 bits per heavy atom. The minimum atomic E-state index is -2.12. The van der Waals surface area contributed by atoms with Crippen molar-refractivity contribution in [2.75, 3.05) is 6.54 Å². The van der Waals surface area contributed by atoms with Gasteiger partial charge in [-0.25, -0.2) is 0 Å². The van der Waals surface area contributed by atoms with Gasteiger partial charge in [0, 0.05) is 16.0 Å². The molecule has 0 aliphatic heterocycles. The highest BCUT2D eigenvalue weighted by molar-refractivity contribution is 6.74. The Morgan fingerprint density at radius 1 is 1.31 bits per heavy atom. The number of nitrogens with zero attached hydrogens (tertiary/aromatic N) is 1. The average Bonchev–Trinajstić information content (AvgIpc) is 2.60. The zero-order valence-corrected chi connectivity index (χ0v) is 18.9. The fourth-order valence-corrected chi connectivity index (χ4v) is 3.76. The molecule has 2 rings (SSSR count). The van der Waals surface area contributed by atoms with Crippen molar-refractivity contribution in [2.45, 2.75) is 51.4 Å². The van der Waals surface area contributed by atoms with Gasteiger partial charge in [-0.3, -0.25) is 14.9 Å². The molecule has 0 spiro atoms. The van der Waals surface area contributed by atoms with Crippen molar-refractivity contribution < 1.29 is 18.9 Å². The molecule has 2 aromatic rings. The fraction of sp³-hybridized carbons (Fsp3) is 0.450. The Balaban J connectivity index is 2.49. The highest BCUT2D eigenvalue weighted by Gasteiger charge is 2.37. The van der Waals surface area contributed by atoms with E-state index in [1.807, 2.05) is 0 Å². The number of nitro groups is 1. The van der Waals surface area contributed by atoms with Crippen molar-refractivity contribution in [3.05, 3.63) is 72.8 Å². The van der Waals surface area contributed by atoms with Crippen LogP contribution in [-0.4, -0.2) is 24.9 Å². The minimum absolute atomic E-state index is 0.0344. The summed E-state index contributed by atoms with van der Waals surface area (Å²) in [6.45, 7) is 9.82. The summed E-state index contributed by atoms with van der Waals surface area (Å²) in [5, 5.41) is 21.8. The minimum Gasteiger partial charge on any atom is -0.502 e. The van der Waals surface area contributed by atoms with E-state index >= 15 is 0 Å². The molecule has 1 aromatic heterocycles. The maximum absolute atomic E-state index is 12.3. The van der Waals surface area contributed by atoms with Crippen molar-refractivity contribution in [3.8, 4) is 5.75 Å². The normalized spacial score (nSPS) is 13.3. The summed E-state index contributed by atoms with van der Waals surface area (Å²) < 4.78 is 11.8. The molecule has 1 heterocycles. The Labute approximate surface area is 175 Å². The second kappa shape index (κ2) is 8.69. The third-order valence-corrected chi connectivity index (χ3v) is 10.1. The van der Waals surface area contributed by atoms with E-state index in [9.17, 15) is 20.0 Å². The number of halogens is 1. The summed E-state index contributed by atoms with van der Waals surface area (Å²) in [4.78, 5) is 23.1. The van der Waals surface area contributed by atoms with Gasteiger partial charge in [0.05, 0.1) is 6.61 Å². The van der Waals surface area contributed by atoms with Crippen LogP contribution in [0.5, 0.6) is 5.75 Å². The first kappa shape index (κ1) is 23.1. The molecule has 0 aliphatic rings. The predicted octanol–water partition coefficient (Wildman–Crippen LogP) is 4.93. The van der Waals surface area contributed by atoms with Gasteiger partial charge in [0.25, 0.3) is 0 Å². The first-order valence-electron chi connectivity index (χ1n) is 9.19. The molecule has 29 heavy (non-hydrogen) atoms. The van der Waals surface area contributed by atoms with E-state index < -0.39 is 36.9 Å². The lowest BCUT2D eigenvalue weighted by Gasteiger charge is -2.35. The van der Waals surface area contributed by atoms with E-state index in [4.69, 9.17) is 20.4 Å². The number of benzene rings is 1. The van der Waals surface area contributed by atoms with Gasteiger partial charge in [-0.2, -0.15) is 0 Å². The van der Waals surface area contributed by atoms with Gasteiger partial charge in [0.1, 0.15) is 11.7 Å². The van der Waals surface area contributed by atoms with E-state index in [-0.39, 0.29) is 28.2 Å². The standard InChI is InChI=1S/C20H26ClNO6Si/c1-20(2,3)29(4,5)27-12-13-10-17(23)18(24)19(28-13)15(11-22(25)26)14-8-6-7-9-16(14)21/h6-10,15,24H,11-12H2,1-5H3. The van der Waals surface area contributed by atoms with Crippen LogP contribution in [0.4, 0.5) is 0 Å². The Morgan fingerprint density at radius 2 is 1.93 bits per heavy atom. The summed E-state index contributed by atoms with van der Waals surface area (Å²) in [7, 11) is -2.12. The molecule has 158 valence electrons. The van der Waals surface area contributed by atoms with Gasteiger partial charge >= 0.3 is 0 Å². The van der Waals surface area contributed by atoms with Gasteiger partial charge in [-0.1, -0.05) is 50.6 Å². The molecule has 9 heteroatoms. The van der Waals surface area contributed by atoms with Crippen LogP contribution >= 0.6 is 11.6 Å². The predicted molar refractivity (Wildman–Crippen MR) is 114 cm³/mol. The van der Waals surface area contributed by atoms with E-state index in [1.165, 1.54) is 0 Å². The van der Waals surface area contributed by atoms with Gasteiger partial charge in [0.2, 0.25) is 17.7 Å². The third kappa shape index (κ3) is 5.46. The van der Waals surface area contributed by atoms with E-state index in [1.54, 1.807) is 24.3 Å². The zero-order valence-electron chi connectivity index (χ0n) is 17.2. The SMILES string of the molecule is CC(C)(C)[Si](C)(C)OCc1cc(=O)c(O)c(C(C[N+](=O)[O-])c2ccccc2Cl)o1. The molecule has 1 N–H and O–H groups in total. The van der Waals surface area contributed by atoms with Crippen LogP contribution in [0.3, 0.4) is 0 Å². The van der Waals surface area contributed by atoms with Gasteiger partial charge < -0.3 is 13.9 Å². The second-order valence-corrected chi connectivity index (χ2v) is 13.6. The van der Waals surface area contributed by atoms with Crippen LogP contribution < -0.4 is 5.43 Å². The molecule has 1 atom stereocenters. The molecule has 0 saturated carbocycles. The smallest absolute Gasteiger partial charge is 0.227 e. The van der Waals surface area contributed by atoms with Gasteiger partial charge in [-0.15, -0.1) is 0 Å². The monoisotopic (exact) mass is 439 g/mol. The highest BCUT2D eigenvalue weighted by atomic mass is 35.5. The summed E-state index contributed by atoms with van der Waals surface area (Å²) in [6, 6.07) is 7.71. The maximum atomic E-state index is 12.3. The number of aromatic hydroxyl groups is 1. The number of rotatable bonds is 7. The lowest BCUT2D eigenvalue weighted by atomic mass is 9.95. The molecular formula is C20H26ClNO6Si. The molecule has 0 fully saturated rings. The van der Waals surface area contributed by atoms with Crippen LogP contribution in [-0.2, 0) is 11.0 Å². The van der Waals surface area contributed by atoms with Crippen molar-refractivity contribution in [3.63, 3.8) is 0 Å². The molecular weight excluding hydrogens is 414 g/mol. The Hall–Kier alpha value is -2.16. The van der Waals surface area contributed by atoms with E-state index in [0.29, 0.717) is 5.56 Å². The van der Waals surface area contributed by atoms with E-state index in [2.05, 4.69) is 33.9 Å². The molecule has 0 saturated heterocycles. The summed E-state index contributed by atoms with van der Waals surface area (Å²) in [5.74, 6) is -1.66. The topological polar surface area (TPSA) is 103 Å². The number of hydrogen-bond donors (Lipinski definition) is 1. The first-order valence-corrected chi connectivity index (χ1v) is 12.5. The fourth-order valence-electron chi connectivity index (χ4n) is 2.56. The van der Waals surface area contributed by atoms with Gasteiger partial charge in [-0.05, 0) is 29.8 Å². The van der Waals surface area contributed by atoms with Crippen molar-refractivity contribution >= 4 is 19.9 Å². The molecule has 0 radical (unpaired) electrons. The maximum Gasteiger partial charge on any atom is 0.227 e. The Kier molecular flexibility index (Phi) is 6.92. The molecule has 0 bridgehead atoms. The summed E-state index contributed by atoms with van der Waals surface area (Å²) >= 11 is 6.21. The lowest BCUT2D eigenvalue weighted by molar-refractivity contribution is -0.482. The quantitative estimate of drug-likeness (QED) is 0.372. The van der Waals surface area contributed by atoms with Crippen LogP contribution in [0.15, 0.2) is 39.5 Å². The van der Waals surface area contributed by atoms with E-state index in [0.717, 1.165) is 6.07 Å².